The first-order valence-electron chi connectivity index (χ1n) is 13.5. The van der Waals surface area contributed by atoms with E-state index < -0.39 is 0 Å². The van der Waals surface area contributed by atoms with Crippen LogP contribution in [0.15, 0.2) is 70.7 Å². The molecule has 0 spiro atoms. The molecule has 2 amide bonds. The van der Waals surface area contributed by atoms with Crippen molar-refractivity contribution in [1.82, 2.24) is 14.8 Å². The van der Waals surface area contributed by atoms with Gasteiger partial charge in [-0.3, -0.25) is 19.5 Å². The van der Waals surface area contributed by atoms with Crippen LogP contribution in [-0.4, -0.2) is 76.8 Å². The van der Waals surface area contributed by atoms with Crippen molar-refractivity contribution in [2.24, 2.45) is 16.8 Å². The SMILES string of the molecule is C=CC(=O)N1CCN(C(=NC)c2cc(Cl)c(-c3cc(O)ccc3Br)nc2N(C=O)C2C=CC=CC2C(C)C)C(C)C1. The van der Waals surface area contributed by atoms with Crippen molar-refractivity contribution in [2.45, 2.75) is 32.9 Å². The van der Waals surface area contributed by atoms with Gasteiger partial charge in [-0.15, -0.1) is 0 Å². The molecular weight excluding hydrogens is 606 g/mol. The first kappa shape index (κ1) is 30.5. The highest BCUT2D eigenvalue weighted by atomic mass is 79.9. The second-order valence-corrected chi connectivity index (χ2v) is 11.8. The van der Waals surface area contributed by atoms with Gasteiger partial charge in [0.05, 0.1) is 22.3 Å². The van der Waals surface area contributed by atoms with Gasteiger partial charge in [0, 0.05) is 48.7 Å². The molecule has 1 aromatic heterocycles. The zero-order valence-corrected chi connectivity index (χ0v) is 26.0. The van der Waals surface area contributed by atoms with Crippen LogP contribution in [0.4, 0.5) is 5.82 Å². The predicted octanol–water partition coefficient (Wildman–Crippen LogP) is 5.69. The van der Waals surface area contributed by atoms with Crippen LogP contribution < -0.4 is 4.90 Å². The number of halogens is 2. The van der Waals surface area contributed by atoms with Crippen LogP contribution in [0.1, 0.15) is 26.3 Å². The molecule has 1 N–H and O–H groups in total. The van der Waals surface area contributed by atoms with Crippen molar-refractivity contribution in [1.29, 1.82) is 0 Å². The van der Waals surface area contributed by atoms with Crippen LogP contribution >= 0.6 is 27.5 Å². The molecular formula is C31H35BrClN5O3. The van der Waals surface area contributed by atoms with Gasteiger partial charge in [0.25, 0.3) is 0 Å². The third-order valence-corrected chi connectivity index (χ3v) is 8.58. The fourth-order valence-corrected chi connectivity index (χ4v) is 6.19. The third-order valence-electron chi connectivity index (χ3n) is 7.60. The van der Waals surface area contributed by atoms with Gasteiger partial charge in [-0.05, 0) is 43.2 Å². The number of amides is 2. The molecule has 0 radical (unpaired) electrons. The number of aliphatic imine (C=N–C) groups is 1. The van der Waals surface area contributed by atoms with Gasteiger partial charge < -0.3 is 14.9 Å². The summed E-state index contributed by atoms with van der Waals surface area (Å²) in [6.45, 7) is 11.4. The maximum atomic E-state index is 12.9. The van der Waals surface area contributed by atoms with Crippen molar-refractivity contribution in [3.63, 3.8) is 0 Å². The smallest absolute Gasteiger partial charge is 0.246 e. The number of aromatic hydroxyl groups is 1. The van der Waals surface area contributed by atoms with E-state index in [0.29, 0.717) is 57.6 Å². The fraction of sp³-hybridized carbons (Fsp3) is 0.355. The van der Waals surface area contributed by atoms with Gasteiger partial charge in [-0.2, -0.15) is 0 Å². The van der Waals surface area contributed by atoms with E-state index in [4.69, 9.17) is 16.6 Å². The molecule has 1 aliphatic heterocycles. The number of anilines is 1. The molecule has 2 heterocycles. The van der Waals surface area contributed by atoms with Crippen molar-refractivity contribution < 1.29 is 14.7 Å². The van der Waals surface area contributed by atoms with E-state index in [-0.39, 0.29) is 35.6 Å². The molecule has 2 aliphatic rings. The van der Waals surface area contributed by atoms with Crippen molar-refractivity contribution in [3.05, 3.63) is 76.3 Å². The van der Waals surface area contributed by atoms with Gasteiger partial charge >= 0.3 is 0 Å². The zero-order chi connectivity index (χ0) is 29.8. The average Bonchev–Trinajstić information content (AvgIpc) is 2.96. The lowest BCUT2D eigenvalue weighted by Crippen LogP contribution is -2.55. The molecule has 0 bridgehead atoms. The quantitative estimate of drug-likeness (QED) is 0.182. The molecule has 1 fully saturated rings. The molecule has 1 aromatic carbocycles. The Morgan fingerprint density at radius 3 is 2.63 bits per heavy atom. The Hall–Kier alpha value is -3.43. The number of aromatic nitrogens is 1. The highest BCUT2D eigenvalue weighted by Crippen LogP contribution is 2.39. The zero-order valence-electron chi connectivity index (χ0n) is 23.7. The summed E-state index contributed by atoms with van der Waals surface area (Å²) in [6, 6.07) is 6.31. The van der Waals surface area contributed by atoms with Gasteiger partial charge in [0.2, 0.25) is 12.3 Å². The molecule has 8 nitrogen and oxygen atoms in total. The molecule has 3 atom stereocenters. The number of carbonyl (C=O) groups excluding carboxylic acids is 2. The summed E-state index contributed by atoms with van der Waals surface area (Å²) in [4.78, 5) is 40.4. The van der Waals surface area contributed by atoms with E-state index in [1.54, 1.807) is 41.1 Å². The Morgan fingerprint density at radius 1 is 1.27 bits per heavy atom. The molecule has 2 aromatic rings. The molecule has 0 saturated carbocycles. The van der Waals surface area contributed by atoms with Gasteiger partial charge in [-0.1, -0.05) is 72.3 Å². The Morgan fingerprint density at radius 2 is 2.00 bits per heavy atom. The standard InChI is InChI=1S/C31H35BrClN5O3/c1-6-28(41)36-13-14-37(20(4)17-36)30(34-5)24-16-26(33)29(23-15-21(40)11-12-25(23)32)35-31(24)38(18-39)27-10-8-7-9-22(27)19(2)3/h6-12,15-16,18-20,22,27,40H,1,13-14,17H2,2-5H3. The molecule has 216 valence electrons. The molecule has 4 rings (SSSR count). The topological polar surface area (TPSA) is 89.3 Å². The Balaban J connectivity index is 1.89. The number of allylic oxidation sites excluding steroid dienone is 2. The Labute approximate surface area is 254 Å². The first-order valence-corrected chi connectivity index (χ1v) is 14.7. The van der Waals surface area contributed by atoms with Crippen LogP contribution in [0.5, 0.6) is 5.75 Å². The largest absolute Gasteiger partial charge is 0.508 e. The number of hydrogen-bond acceptors (Lipinski definition) is 5. The number of phenolic OH excluding ortho intramolecular Hbond substituents is 1. The summed E-state index contributed by atoms with van der Waals surface area (Å²) in [5.74, 6) is 1.30. The van der Waals surface area contributed by atoms with Gasteiger partial charge in [-0.25, -0.2) is 4.98 Å². The number of carbonyl (C=O) groups is 2. The van der Waals surface area contributed by atoms with E-state index in [2.05, 4.69) is 52.3 Å². The predicted molar refractivity (Wildman–Crippen MR) is 168 cm³/mol. The number of hydrogen-bond donors (Lipinski definition) is 1. The summed E-state index contributed by atoms with van der Waals surface area (Å²) < 4.78 is 0.697. The minimum Gasteiger partial charge on any atom is -0.508 e. The van der Waals surface area contributed by atoms with E-state index in [1.807, 2.05) is 25.2 Å². The lowest BCUT2D eigenvalue weighted by Gasteiger charge is -2.42. The van der Waals surface area contributed by atoms with E-state index in [1.165, 1.54) is 6.08 Å². The van der Waals surface area contributed by atoms with E-state index >= 15 is 0 Å². The summed E-state index contributed by atoms with van der Waals surface area (Å²) >= 11 is 10.5. The van der Waals surface area contributed by atoms with Crippen molar-refractivity contribution in [2.75, 3.05) is 31.6 Å². The number of pyridine rings is 1. The first-order chi connectivity index (χ1) is 19.6. The number of nitrogens with zero attached hydrogens (tertiary/aromatic N) is 5. The summed E-state index contributed by atoms with van der Waals surface area (Å²) in [7, 11) is 1.70. The number of phenols is 1. The Bertz CT molecular complexity index is 1420. The third kappa shape index (κ3) is 6.26. The van der Waals surface area contributed by atoms with E-state index in [0.717, 1.165) is 6.41 Å². The second kappa shape index (κ2) is 13.0. The minimum atomic E-state index is -0.289. The summed E-state index contributed by atoms with van der Waals surface area (Å²) in [6.07, 6.45) is 10.2. The highest BCUT2D eigenvalue weighted by Gasteiger charge is 2.34. The number of benzene rings is 1. The van der Waals surface area contributed by atoms with Crippen molar-refractivity contribution in [3.8, 4) is 17.0 Å². The molecule has 1 saturated heterocycles. The summed E-state index contributed by atoms with van der Waals surface area (Å²) in [5.41, 5.74) is 1.61. The van der Waals surface area contributed by atoms with Crippen LogP contribution in [0, 0.1) is 11.8 Å². The molecule has 1 aliphatic carbocycles. The lowest BCUT2D eigenvalue weighted by atomic mass is 9.84. The van der Waals surface area contributed by atoms with Crippen LogP contribution in [-0.2, 0) is 9.59 Å². The number of piperazine rings is 1. The second-order valence-electron chi connectivity index (χ2n) is 10.5. The van der Waals surface area contributed by atoms with Crippen LogP contribution in [0.25, 0.3) is 11.3 Å². The monoisotopic (exact) mass is 639 g/mol. The van der Waals surface area contributed by atoms with E-state index in [9.17, 15) is 14.7 Å². The molecule has 3 unspecified atom stereocenters. The minimum absolute atomic E-state index is 0.0564. The van der Waals surface area contributed by atoms with Gasteiger partial charge in [0.1, 0.15) is 17.4 Å². The lowest BCUT2D eigenvalue weighted by molar-refractivity contribution is -0.128. The number of rotatable bonds is 7. The molecule has 41 heavy (non-hydrogen) atoms. The van der Waals surface area contributed by atoms with Crippen molar-refractivity contribution >= 4 is 51.5 Å². The Kier molecular flexibility index (Phi) is 9.71. The highest BCUT2D eigenvalue weighted by molar-refractivity contribution is 9.10. The normalized spacial score (nSPS) is 20.9. The maximum Gasteiger partial charge on any atom is 0.246 e. The summed E-state index contributed by atoms with van der Waals surface area (Å²) in [5, 5.41) is 10.6. The van der Waals surface area contributed by atoms with Gasteiger partial charge in [0.15, 0.2) is 0 Å². The van der Waals surface area contributed by atoms with Crippen LogP contribution in [0.2, 0.25) is 5.02 Å². The fourth-order valence-electron chi connectivity index (χ4n) is 5.50. The van der Waals surface area contributed by atoms with Crippen LogP contribution in [0.3, 0.4) is 0 Å². The molecule has 10 heteroatoms. The average molecular weight is 641 g/mol. The number of amidine groups is 1. The maximum absolute atomic E-state index is 12.9.